The van der Waals surface area contributed by atoms with Crippen LogP contribution < -0.4 is 5.56 Å². The van der Waals surface area contributed by atoms with Crippen LogP contribution in [0.3, 0.4) is 0 Å². The lowest BCUT2D eigenvalue weighted by Gasteiger charge is -2.03. The number of H-pyrrole nitrogens is 1. The number of aromatic amines is 1. The van der Waals surface area contributed by atoms with Crippen molar-refractivity contribution in [2.24, 2.45) is 7.05 Å². The number of nitrogens with zero attached hydrogens (tertiary/aromatic N) is 6. The molecule has 5 rings (SSSR count). The summed E-state index contributed by atoms with van der Waals surface area (Å²) < 4.78 is 4.19. The lowest BCUT2D eigenvalue weighted by atomic mass is 10.3. The van der Waals surface area contributed by atoms with E-state index in [0.717, 1.165) is 32.1 Å². The number of aliphatic hydroxyl groups excluding tert-OH is 1. The molecule has 0 aliphatic heterocycles. The van der Waals surface area contributed by atoms with Crippen LogP contribution in [0.25, 0.3) is 21.3 Å². The SMILES string of the molecule is Cn1c2nc(Cc3csc(CO)n3)sc2c2cnn(Cc3cc[nH]n3)c(=O)c21. The highest BCUT2D eigenvalue weighted by molar-refractivity contribution is 7.19. The first kappa shape index (κ1) is 17.2. The van der Waals surface area contributed by atoms with Gasteiger partial charge in [-0.05, 0) is 6.07 Å². The maximum Gasteiger partial charge on any atom is 0.291 e. The molecule has 0 radical (unpaired) electrons. The Morgan fingerprint density at radius 2 is 2.14 bits per heavy atom. The molecule has 142 valence electrons. The van der Waals surface area contributed by atoms with Gasteiger partial charge in [0.2, 0.25) is 0 Å². The lowest BCUT2D eigenvalue weighted by Crippen LogP contribution is -2.24. The second-order valence-corrected chi connectivity index (χ2v) is 8.35. The van der Waals surface area contributed by atoms with Crippen LogP contribution in [-0.4, -0.2) is 39.6 Å². The number of aromatic nitrogens is 7. The van der Waals surface area contributed by atoms with Gasteiger partial charge in [-0.3, -0.25) is 9.89 Å². The van der Waals surface area contributed by atoms with Gasteiger partial charge >= 0.3 is 0 Å². The summed E-state index contributed by atoms with van der Waals surface area (Å²) in [5.74, 6) is 0. The average molecular weight is 413 g/mol. The number of aryl methyl sites for hydroxylation is 1. The zero-order valence-electron chi connectivity index (χ0n) is 14.8. The first-order valence-electron chi connectivity index (χ1n) is 8.50. The van der Waals surface area contributed by atoms with E-state index < -0.39 is 0 Å². The summed E-state index contributed by atoms with van der Waals surface area (Å²) >= 11 is 2.98. The molecule has 2 N–H and O–H groups in total. The van der Waals surface area contributed by atoms with Gasteiger partial charge in [-0.25, -0.2) is 14.6 Å². The quantitative estimate of drug-likeness (QED) is 0.453. The van der Waals surface area contributed by atoms with Gasteiger partial charge < -0.3 is 9.67 Å². The summed E-state index contributed by atoms with van der Waals surface area (Å²) in [7, 11) is 1.85. The number of fused-ring (bicyclic) bond motifs is 3. The molecule has 0 amide bonds. The third-order valence-corrected chi connectivity index (χ3v) is 6.47. The molecule has 0 bridgehead atoms. The largest absolute Gasteiger partial charge is 0.389 e. The van der Waals surface area contributed by atoms with Crippen LogP contribution in [0.5, 0.6) is 0 Å². The van der Waals surface area contributed by atoms with Crippen LogP contribution in [-0.2, 0) is 26.6 Å². The summed E-state index contributed by atoms with van der Waals surface area (Å²) in [5.41, 5.74) is 2.82. The minimum Gasteiger partial charge on any atom is -0.389 e. The Morgan fingerprint density at radius 3 is 2.89 bits per heavy atom. The molecular weight excluding hydrogens is 398 g/mol. The molecule has 0 saturated carbocycles. The Hall–Kier alpha value is -2.89. The van der Waals surface area contributed by atoms with Crippen molar-refractivity contribution in [3.05, 3.63) is 55.6 Å². The molecule has 5 aromatic heterocycles. The number of rotatable bonds is 5. The molecule has 0 aromatic carbocycles. The van der Waals surface area contributed by atoms with Crippen molar-refractivity contribution in [2.75, 3.05) is 0 Å². The van der Waals surface area contributed by atoms with Crippen LogP contribution >= 0.6 is 22.7 Å². The molecule has 0 atom stereocenters. The lowest BCUT2D eigenvalue weighted by molar-refractivity contribution is 0.281. The fourth-order valence-corrected chi connectivity index (χ4v) is 4.98. The topological polar surface area (TPSA) is 115 Å². The van der Waals surface area contributed by atoms with Gasteiger partial charge in [0.1, 0.15) is 15.5 Å². The van der Waals surface area contributed by atoms with Crippen molar-refractivity contribution in [1.82, 2.24) is 34.5 Å². The van der Waals surface area contributed by atoms with Crippen molar-refractivity contribution < 1.29 is 5.11 Å². The second kappa shape index (κ2) is 6.62. The third-order valence-electron chi connectivity index (χ3n) is 4.51. The summed E-state index contributed by atoms with van der Waals surface area (Å²) in [6, 6.07) is 1.82. The highest BCUT2D eigenvalue weighted by Crippen LogP contribution is 2.31. The van der Waals surface area contributed by atoms with E-state index >= 15 is 0 Å². The Labute approximate surface area is 165 Å². The Bertz CT molecular complexity index is 1340. The van der Waals surface area contributed by atoms with Gasteiger partial charge in [-0.15, -0.1) is 22.7 Å². The molecule has 28 heavy (non-hydrogen) atoms. The van der Waals surface area contributed by atoms with Crippen LogP contribution in [0.4, 0.5) is 0 Å². The van der Waals surface area contributed by atoms with Gasteiger partial charge in [0.25, 0.3) is 5.56 Å². The summed E-state index contributed by atoms with van der Waals surface area (Å²) in [6.07, 6.45) is 4.04. The molecule has 5 aromatic rings. The van der Waals surface area contributed by atoms with Gasteiger partial charge in [-0.2, -0.15) is 10.2 Å². The molecule has 0 aliphatic rings. The average Bonchev–Trinajstić information content (AvgIpc) is 3.46. The Morgan fingerprint density at radius 1 is 1.25 bits per heavy atom. The smallest absolute Gasteiger partial charge is 0.291 e. The van der Waals surface area contributed by atoms with Crippen molar-refractivity contribution in [3.8, 4) is 0 Å². The zero-order chi connectivity index (χ0) is 19.3. The van der Waals surface area contributed by atoms with E-state index in [4.69, 9.17) is 10.1 Å². The predicted octanol–water partition coefficient (Wildman–Crippen LogP) is 1.66. The fourth-order valence-electron chi connectivity index (χ4n) is 3.21. The van der Waals surface area contributed by atoms with E-state index in [2.05, 4.69) is 20.3 Å². The van der Waals surface area contributed by atoms with Gasteiger partial charge in [0.15, 0.2) is 5.65 Å². The van der Waals surface area contributed by atoms with Crippen molar-refractivity contribution >= 4 is 43.9 Å². The molecule has 11 heteroatoms. The minimum absolute atomic E-state index is 0.0502. The van der Waals surface area contributed by atoms with Crippen LogP contribution in [0.1, 0.15) is 21.4 Å². The molecule has 0 spiro atoms. The molecular formula is C17H15N7O2S2. The first-order chi connectivity index (χ1) is 13.6. The molecule has 0 fully saturated rings. The van der Waals surface area contributed by atoms with Crippen LogP contribution in [0.15, 0.2) is 28.6 Å². The van der Waals surface area contributed by atoms with E-state index in [1.165, 1.54) is 16.0 Å². The fraction of sp³-hybridized carbons (Fsp3) is 0.235. The minimum atomic E-state index is -0.165. The van der Waals surface area contributed by atoms with Crippen molar-refractivity contribution in [2.45, 2.75) is 19.6 Å². The van der Waals surface area contributed by atoms with E-state index in [0.29, 0.717) is 23.5 Å². The highest BCUT2D eigenvalue weighted by atomic mass is 32.1. The van der Waals surface area contributed by atoms with E-state index in [1.54, 1.807) is 23.7 Å². The Kier molecular flexibility index (Phi) is 4.07. The number of nitrogens with one attached hydrogen (secondary N) is 1. The maximum atomic E-state index is 12.9. The van der Waals surface area contributed by atoms with Gasteiger partial charge in [0, 0.05) is 30.4 Å². The van der Waals surface area contributed by atoms with E-state index in [9.17, 15) is 4.79 Å². The standard InChI is InChI=1S/C17H15N7O2S2/c1-23-14-11(5-19-24(17(14)26)6-9-2-3-18-22-9)15-16(23)21-12(28-15)4-10-8-27-13(7-25)20-10/h2-3,5,8,25H,4,6-7H2,1H3,(H,18,22). The van der Waals surface area contributed by atoms with Crippen LogP contribution in [0, 0.1) is 0 Å². The zero-order valence-corrected chi connectivity index (χ0v) is 16.4. The Balaban J connectivity index is 1.56. The number of thiazole rings is 2. The van der Waals surface area contributed by atoms with Crippen LogP contribution in [0.2, 0.25) is 0 Å². The number of hydrogen-bond donors (Lipinski definition) is 2. The van der Waals surface area contributed by atoms with E-state index in [1.807, 2.05) is 23.1 Å². The first-order valence-corrected chi connectivity index (χ1v) is 10.2. The maximum absolute atomic E-state index is 12.9. The third kappa shape index (κ3) is 2.75. The highest BCUT2D eigenvalue weighted by Gasteiger charge is 2.19. The summed E-state index contributed by atoms with van der Waals surface area (Å²) in [5, 5.41) is 24.7. The number of hydrogen-bond acceptors (Lipinski definition) is 8. The molecule has 0 saturated heterocycles. The molecule has 0 aliphatic carbocycles. The summed E-state index contributed by atoms with van der Waals surface area (Å²) in [4.78, 5) is 22.0. The van der Waals surface area contributed by atoms with Crippen molar-refractivity contribution in [1.29, 1.82) is 0 Å². The normalized spacial score (nSPS) is 11.8. The predicted molar refractivity (Wildman–Crippen MR) is 107 cm³/mol. The molecule has 9 nitrogen and oxygen atoms in total. The molecule has 5 heterocycles. The number of aliphatic hydroxyl groups is 1. The van der Waals surface area contributed by atoms with Gasteiger partial charge in [-0.1, -0.05) is 0 Å². The second-order valence-electron chi connectivity index (χ2n) is 6.32. The molecule has 0 unspecified atom stereocenters. The monoisotopic (exact) mass is 413 g/mol. The summed E-state index contributed by atoms with van der Waals surface area (Å²) in [6.45, 7) is 0.262. The van der Waals surface area contributed by atoms with Gasteiger partial charge in [0.05, 0.1) is 35.4 Å². The van der Waals surface area contributed by atoms with E-state index in [-0.39, 0.29) is 12.2 Å². The van der Waals surface area contributed by atoms with Crippen molar-refractivity contribution in [3.63, 3.8) is 0 Å².